The second kappa shape index (κ2) is 4.52. The van der Waals surface area contributed by atoms with E-state index in [1.165, 1.54) is 21.9 Å². The monoisotopic (exact) mass is 210 g/mol. The van der Waals surface area contributed by atoms with Crippen LogP contribution in [-0.4, -0.2) is 0 Å². The van der Waals surface area contributed by atoms with Gasteiger partial charge in [0.1, 0.15) is 0 Å². The molecule has 0 aliphatic heterocycles. The number of hydrogen-bond acceptors (Lipinski definition) is 0. The van der Waals surface area contributed by atoms with E-state index in [0.29, 0.717) is 5.92 Å². The van der Waals surface area contributed by atoms with Crippen molar-refractivity contribution in [2.24, 2.45) is 5.92 Å². The maximum absolute atomic E-state index is 2.25. The molecule has 0 amide bonds. The minimum absolute atomic E-state index is 0.605. The summed E-state index contributed by atoms with van der Waals surface area (Å²) in [5.41, 5.74) is 2.63. The molecule has 0 unspecified atom stereocenters. The van der Waals surface area contributed by atoms with Crippen molar-refractivity contribution in [2.45, 2.75) is 20.8 Å². The van der Waals surface area contributed by atoms with Crippen LogP contribution in [-0.2, 0) is 0 Å². The first-order chi connectivity index (χ1) is 7.66. The minimum Gasteiger partial charge on any atom is -0.0814 e. The number of fused-ring (bicyclic) bond motifs is 1. The Hall–Kier alpha value is -1.56. The van der Waals surface area contributed by atoms with Crippen LogP contribution in [0.2, 0.25) is 0 Å². The van der Waals surface area contributed by atoms with Gasteiger partial charge in [0.15, 0.2) is 0 Å². The van der Waals surface area contributed by atoms with E-state index in [1.807, 2.05) is 0 Å². The Balaban J connectivity index is 2.45. The summed E-state index contributed by atoms with van der Waals surface area (Å²) in [5.74, 6) is 0.605. The van der Waals surface area contributed by atoms with E-state index in [1.54, 1.807) is 0 Å². The molecule has 0 aromatic heterocycles. The standard InChI is InChI=1S/C16H18/c1-12(2)7-8-14-9-10-16-13(3)5-4-6-15(16)11-14/h4-12H,1-3H3/b8-7+. The van der Waals surface area contributed by atoms with E-state index in [4.69, 9.17) is 0 Å². The molecule has 0 nitrogen and oxygen atoms in total. The quantitative estimate of drug-likeness (QED) is 0.666. The summed E-state index contributed by atoms with van der Waals surface area (Å²) in [5, 5.41) is 2.68. The Labute approximate surface area is 97.6 Å². The third-order valence-electron chi connectivity index (χ3n) is 2.80. The lowest BCUT2D eigenvalue weighted by Gasteiger charge is -2.03. The Kier molecular flexibility index (Phi) is 3.09. The number of hydrogen-bond donors (Lipinski definition) is 0. The van der Waals surface area contributed by atoms with Gasteiger partial charge in [-0.25, -0.2) is 0 Å². The molecule has 0 N–H and O–H groups in total. The molecule has 2 aromatic rings. The van der Waals surface area contributed by atoms with Gasteiger partial charge in [0.05, 0.1) is 0 Å². The minimum atomic E-state index is 0.605. The fraction of sp³-hybridized carbons (Fsp3) is 0.250. The molecule has 0 atom stereocenters. The van der Waals surface area contributed by atoms with Gasteiger partial charge in [-0.1, -0.05) is 56.3 Å². The maximum Gasteiger partial charge on any atom is -0.0154 e. The molecule has 16 heavy (non-hydrogen) atoms. The van der Waals surface area contributed by atoms with Crippen molar-refractivity contribution in [3.05, 3.63) is 53.6 Å². The fourth-order valence-electron chi connectivity index (χ4n) is 1.87. The van der Waals surface area contributed by atoms with E-state index >= 15 is 0 Å². The molecular weight excluding hydrogens is 192 g/mol. The molecule has 0 spiro atoms. The first-order valence-electron chi connectivity index (χ1n) is 5.84. The molecule has 0 radical (unpaired) electrons. The highest BCUT2D eigenvalue weighted by Crippen LogP contribution is 2.20. The molecule has 2 aromatic carbocycles. The lowest BCUT2D eigenvalue weighted by Crippen LogP contribution is -1.81. The van der Waals surface area contributed by atoms with E-state index in [-0.39, 0.29) is 0 Å². The van der Waals surface area contributed by atoms with Crippen LogP contribution in [0.3, 0.4) is 0 Å². The maximum atomic E-state index is 2.25. The van der Waals surface area contributed by atoms with E-state index < -0.39 is 0 Å². The summed E-state index contributed by atoms with van der Waals surface area (Å²) in [6.07, 6.45) is 4.43. The van der Waals surface area contributed by atoms with Crippen LogP contribution in [0.15, 0.2) is 42.5 Å². The van der Waals surface area contributed by atoms with Crippen LogP contribution < -0.4 is 0 Å². The molecule has 0 bridgehead atoms. The predicted molar refractivity (Wildman–Crippen MR) is 72.6 cm³/mol. The molecule has 0 aliphatic carbocycles. The second-order valence-electron chi connectivity index (χ2n) is 4.66. The zero-order valence-electron chi connectivity index (χ0n) is 10.2. The highest BCUT2D eigenvalue weighted by Gasteiger charge is 1.96. The zero-order chi connectivity index (χ0) is 11.5. The van der Waals surface area contributed by atoms with Crippen molar-refractivity contribution in [3.8, 4) is 0 Å². The lowest BCUT2D eigenvalue weighted by molar-refractivity contribution is 0.836. The van der Waals surface area contributed by atoms with Gasteiger partial charge >= 0.3 is 0 Å². The second-order valence-corrected chi connectivity index (χ2v) is 4.66. The topological polar surface area (TPSA) is 0 Å². The smallest absolute Gasteiger partial charge is 0.0154 e. The Morgan fingerprint density at radius 1 is 1.06 bits per heavy atom. The molecule has 0 saturated carbocycles. The van der Waals surface area contributed by atoms with Crippen LogP contribution >= 0.6 is 0 Å². The third-order valence-corrected chi connectivity index (χ3v) is 2.80. The Morgan fingerprint density at radius 3 is 2.62 bits per heavy atom. The highest BCUT2D eigenvalue weighted by atomic mass is 14.0. The van der Waals surface area contributed by atoms with Crippen molar-refractivity contribution < 1.29 is 0 Å². The van der Waals surface area contributed by atoms with Crippen molar-refractivity contribution in [1.82, 2.24) is 0 Å². The Morgan fingerprint density at radius 2 is 1.88 bits per heavy atom. The van der Waals surface area contributed by atoms with Crippen molar-refractivity contribution >= 4 is 16.8 Å². The van der Waals surface area contributed by atoms with Crippen molar-refractivity contribution in [1.29, 1.82) is 0 Å². The molecule has 0 heterocycles. The van der Waals surface area contributed by atoms with Crippen molar-refractivity contribution in [3.63, 3.8) is 0 Å². The van der Waals surface area contributed by atoms with Crippen LogP contribution in [0, 0.1) is 12.8 Å². The van der Waals surface area contributed by atoms with Gasteiger partial charge in [0.2, 0.25) is 0 Å². The van der Waals surface area contributed by atoms with E-state index in [0.717, 1.165) is 0 Å². The van der Waals surface area contributed by atoms with Gasteiger partial charge in [0.25, 0.3) is 0 Å². The number of aryl methyl sites for hydroxylation is 1. The first-order valence-corrected chi connectivity index (χ1v) is 5.84. The molecule has 82 valence electrons. The Bertz CT molecular complexity index is 519. The zero-order valence-corrected chi connectivity index (χ0v) is 10.2. The van der Waals surface area contributed by atoms with Gasteiger partial charge in [0, 0.05) is 0 Å². The lowest BCUT2D eigenvalue weighted by atomic mass is 10.0. The fourth-order valence-corrected chi connectivity index (χ4v) is 1.87. The molecule has 2 rings (SSSR count). The van der Waals surface area contributed by atoms with Crippen molar-refractivity contribution in [2.75, 3.05) is 0 Å². The summed E-state index contributed by atoms with van der Waals surface area (Å²) in [6.45, 7) is 6.55. The SMILES string of the molecule is Cc1cccc2cc(/C=C/C(C)C)ccc12. The van der Waals surface area contributed by atoms with E-state index in [9.17, 15) is 0 Å². The normalized spacial score (nSPS) is 11.8. The van der Waals surface area contributed by atoms with Crippen LogP contribution in [0.1, 0.15) is 25.0 Å². The van der Waals surface area contributed by atoms with Gasteiger partial charge in [-0.3, -0.25) is 0 Å². The average molecular weight is 210 g/mol. The molecule has 0 heteroatoms. The summed E-state index contributed by atoms with van der Waals surface area (Å²) in [7, 11) is 0. The summed E-state index contributed by atoms with van der Waals surface area (Å²) in [6, 6.07) is 13.1. The molecular formula is C16H18. The third kappa shape index (κ3) is 2.33. The van der Waals surface area contributed by atoms with Gasteiger partial charge < -0.3 is 0 Å². The van der Waals surface area contributed by atoms with Crippen LogP contribution in [0.5, 0.6) is 0 Å². The summed E-state index contributed by atoms with van der Waals surface area (Å²) < 4.78 is 0. The van der Waals surface area contributed by atoms with Gasteiger partial charge in [-0.15, -0.1) is 0 Å². The summed E-state index contributed by atoms with van der Waals surface area (Å²) >= 11 is 0. The summed E-state index contributed by atoms with van der Waals surface area (Å²) in [4.78, 5) is 0. The van der Waals surface area contributed by atoms with Gasteiger partial charge in [-0.05, 0) is 40.8 Å². The largest absolute Gasteiger partial charge is 0.0814 e. The average Bonchev–Trinajstić information content (AvgIpc) is 2.26. The van der Waals surface area contributed by atoms with Crippen LogP contribution in [0.25, 0.3) is 16.8 Å². The first kappa shape index (κ1) is 10.9. The number of rotatable bonds is 2. The number of allylic oxidation sites excluding steroid dienone is 1. The van der Waals surface area contributed by atoms with Crippen LogP contribution in [0.4, 0.5) is 0 Å². The highest BCUT2D eigenvalue weighted by molar-refractivity contribution is 5.87. The molecule has 0 fully saturated rings. The molecule has 0 aliphatic rings. The molecule has 0 saturated heterocycles. The number of benzene rings is 2. The van der Waals surface area contributed by atoms with Gasteiger partial charge in [-0.2, -0.15) is 0 Å². The predicted octanol–water partition coefficient (Wildman–Crippen LogP) is 4.82. The van der Waals surface area contributed by atoms with E-state index in [2.05, 4.69) is 69.3 Å².